The number of hydrogen-bond acceptors (Lipinski definition) is 3. The van der Waals surface area contributed by atoms with Crippen LogP contribution in [-0.2, 0) is 16.1 Å². The van der Waals surface area contributed by atoms with Crippen LogP contribution in [0.15, 0.2) is 24.3 Å². The summed E-state index contributed by atoms with van der Waals surface area (Å²) in [6, 6.07) is 7.28. The van der Waals surface area contributed by atoms with Crippen molar-refractivity contribution in [2.45, 2.75) is 43.7 Å². The van der Waals surface area contributed by atoms with E-state index in [1.54, 1.807) is 13.1 Å². The minimum Gasteiger partial charge on any atom is -0.444 e. The van der Waals surface area contributed by atoms with Gasteiger partial charge in [-0.15, -0.1) is 23.2 Å². The molecule has 2 amide bonds. The van der Waals surface area contributed by atoms with Gasteiger partial charge in [0.25, 0.3) is 0 Å². The maximum Gasteiger partial charge on any atom is 0.410 e. The van der Waals surface area contributed by atoms with Crippen molar-refractivity contribution in [1.29, 1.82) is 0 Å². The first kappa shape index (κ1) is 18.9. The van der Waals surface area contributed by atoms with Gasteiger partial charge in [-0.1, -0.05) is 12.1 Å². The number of hydrogen-bond donors (Lipinski definition) is 1. The highest BCUT2D eigenvalue weighted by Crippen LogP contribution is 2.53. The van der Waals surface area contributed by atoms with Crippen LogP contribution in [0.2, 0.25) is 0 Å². The number of alkyl halides is 2. The van der Waals surface area contributed by atoms with Crippen molar-refractivity contribution in [2.24, 2.45) is 5.92 Å². The first-order chi connectivity index (χ1) is 11.0. The van der Waals surface area contributed by atoms with Gasteiger partial charge in [-0.05, 0) is 44.9 Å². The molecule has 0 heterocycles. The van der Waals surface area contributed by atoms with Gasteiger partial charge in [-0.3, -0.25) is 4.79 Å². The van der Waals surface area contributed by atoms with Crippen molar-refractivity contribution < 1.29 is 14.3 Å². The van der Waals surface area contributed by atoms with Gasteiger partial charge >= 0.3 is 6.09 Å². The summed E-state index contributed by atoms with van der Waals surface area (Å²) >= 11 is 11.8. The molecule has 1 N–H and O–H groups in total. The molecule has 5 nitrogen and oxygen atoms in total. The average molecular weight is 373 g/mol. The second-order valence-electron chi connectivity index (χ2n) is 7.04. The lowest BCUT2D eigenvalue weighted by atomic mass is 10.2. The van der Waals surface area contributed by atoms with E-state index in [4.69, 9.17) is 27.9 Å². The normalized spacial score (nSPS) is 18.7. The lowest BCUT2D eigenvalue weighted by Crippen LogP contribution is -2.33. The van der Waals surface area contributed by atoms with Crippen LogP contribution < -0.4 is 5.32 Å². The predicted molar refractivity (Wildman–Crippen MR) is 95.3 cm³/mol. The van der Waals surface area contributed by atoms with Crippen LogP contribution >= 0.6 is 23.2 Å². The molecule has 1 saturated carbocycles. The molecule has 24 heavy (non-hydrogen) atoms. The number of nitrogens with zero attached hydrogens (tertiary/aromatic N) is 1. The van der Waals surface area contributed by atoms with Gasteiger partial charge in [0.1, 0.15) is 9.93 Å². The highest BCUT2D eigenvalue weighted by molar-refractivity contribution is 6.52. The van der Waals surface area contributed by atoms with Gasteiger partial charge < -0.3 is 15.0 Å². The molecule has 0 aromatic heterocycles. The number of nitrogens with one attached hydrogen (secondary N) is 1. The molecule has 0 saturated heterocycles. The molecular formula is C17H22Cl2N2O3. The molecule has 0 spiro atoms. The average Bonchev–Trinajstić information content (AvgIpc) is 3.06. The largest absolute Gasteiger partial charge is 0.444 e. The smallest absolute Gasteiger partial charge is 0.410 e. The van der Waals surface area contributed by atoms with Gasteiger partial charge in [-0.2, -0.15) is 0 Å². The number of anilines is 1. The molecule has 132 valence electrons. The molecule has 1 atom stereocenters. The summed E-state index contributed by atoms with van der Waals surface area (Å²) in [7, 11) is 1.67. The van der Waals surface area contributed by atoms with E-state index in [2.05, 4.69) is 5.32 Å². The summed E-state index contributed by atoms with van der Waals surface area (Å²) in [6.45, 7) is 5.83. The predicted octanol–water partition coefficient (Wildman–Crippen LogP) is 4.19. The van der Waals surface area contributed by atoms with E-state index in [1.807, 2.05) is 39.0 Å². The fourth-order valence-corrected chi connectivity index (χ4v) is 2.66. The van der Waals surface area contributed by atoms with Crippen LogP contribution in [0.5, 0.6) is 0 Å². The Kier molecular flexibility index (Phi) is 5.35. The maximum absolute atomic E-state index is 12.0. The molecule has 1 unspecified atom stereocenters. The Labute approximate surface area is 152 Å². The zero-order valence-corrected chi connectivity index (χ0v) is 15.7. The lowest BCUT2D eigenvalue weighted by Gasteiger charge is -2.24. The zero-order valence-electron chi connectivity index (χ0n) is 14.2. The van der Waals surface area contributed by atoms with Gasteiger partial charge in [0, 0.05) is 19.3 Å². The minimum atomic E-state index is -0.946. The summed E-state index contributed by atoms with van der Waals surface area (Å²) in [6.07, 6.45) is 0.0622. The van der Waals surface area contributed by atoms with E-state index in [-0.39, 0.29) is 11.8 Å². The second kappa shape index (κ2) is 6.81. The van der Waals surface area contributed by atoms with Crippen LogP contribution in [0, 0.1) is 5.92 Å². The quantitative estimate of drug-likeness (QED) is 0.806. The molecule has 7 heteroatoms. The zero-order chi connectivity index (χ0) is 18.1. The Balaban J connectivity index is 1.95. The Morgan fingerprint density at radius 1 is 1.38 bits per heavy atom. The molecule has 0 aliphatic heterocycles. The van der Waals surface area contributed by atoms with E-state index in [0.29, 0.717) is 18.7 Å². The molecule has 0 bridgehead atoms. The van der Waals surface area contributed by atoms with Crippen LogP contribution in [-0.4, -0.2) is 33.9 Å². The summed E-state index contributed by atoms with van der Waals surface area (Å²) in [4.78, 5) is 25.5. The number of rotatable bonds is 4. The van der Waals surface area contributed by atoms with E-state index >= 15 is 0 Å². The molecule has 2 rings (SSSR count). The molecule has 0 radical (unpaired) electrons. The van der Waals surface area contributed by atoms with Crippen LogP contribution in [0.4, 0.5) is 10.5 Å². The molecule has 1 aromatic rings. The third-order valence-electron chi connectivity index (χ3n) is 3.46. The molecule has 1 aromatic carbocycles. The number of carbonyl (C=O) groups is 2. The lowest BCUT2D eigenvalue weighted by molar-refractivity contribution is -0.117. The molecule has 1 aliphatic rings. The number of benzene rings is 1. The molecule has 1 fully saturated rings. The Morgan fingerprint density at radius 3 is 2.54 bits per heavy atom. The van der Waals surface area contributed by atoms with Crippen molar-refractivity contribution in [3.63, 3.8) is 0 Å². The van der Waals surface area contributed by atoms with E-state index in [9.17, 15) is 9.59 Å². The van der Waals surface area contributed by atoms with Crippen molar-refractivity contribution in [3.05, 3.63) is 29.8 Å². The maximum atomic E-state index is 12.0. The summed E-state index contributed by atoms with van der Waals surface area (Å²) in [5, 5.41) is 2.80. The number of carbonyl (C=O) groups excluding carboxylic acids is 2. The summed E-state index contributed by atoms with van der Waals surface area (Å²) in [5.74, 6) is -0.577. The minimum absolute atomic E-state index is 0.197. The van der Waals surface area contributed by atoms with Crippen LogP contribution in [0.3, 0.4) is 0 Å². The van der Waals surface area contributed by atoms with E-state index in [1.165, 1.54) is 4.90 Å². The summed E-state index contributed by atoms with van der Waals surface area (Å²) in [5.41, 5.74) is 0.979. The Hall–Kier alpha value is -1.46. The fourth-order valence-electron chi connectivity index (χ4n) is 2.15. The fraction of sp³-hybridized carbons (Fsp3) is 0.529. The third-order valence-corrected chi connectivity index (χ3v) is 4.30. The monoisotopic (exact) mass is 372 g/mol. The summed E-state index contributed by atoms with van der Waals surface area (Å²) < 4.78 is 4.37. The van der Waals surface area contributed by atoms with Gasteiger partial charge in [0.15, 0.2) is 0 Å². The van der Waals surface area contributed by atoms with Crippen LogP contribution in [0.25, 0.3) is 0 Å². The van der Waals surface area contributed by atoms with Crippen molar-refractivity contribution >= 4 is 40.9 Å². The van der Waals surface area contributed by atoms with Crippen LogP contribution in [0.1, 0.15) is 32.8 Å². The molecular weight excluding hydrogens is 351 g/mol. The highest BCUT2D eigenvalue weighted by Gasteiger charge is 2.56. The van der Waals surface area contributed by atoms with E-state index in [0.717, 1.165) is 5.56 Å². The Morgan fingerprint density at radius 2 is 2.00 bits per heavy atom. The first-order valence-corrected chi connectivity index (χ1v) is 8.45. The SMILES string of the molecule is CN(Cc1cccc(NC(=O)C2CC2(Cl)Cl)c1)C(=O)OC(C)(C)C. The standard InChI is InChI=1S/C17H22Cl2N2O3/c1-16(2,3)24-15(23)21(4)10-11-6-5-7-12(8-11)20-14(22)13-9-17(13,18)19/h5-8,13H,9-10H2,1-4H3,(H,20,22). The van der Waals surface area contributed by atoms with Gasteiger partial charge in [0.05, 0.1) is 5.92 Å². The molecule has 1 aliphatic carbocycles. The van der Waals surface area contributed by atoms with E-state index < -0.39 is 16.0 Å². The van der Waals surface area contributed by atoms with Crippen molar-refractivity contribution in [2.75, 3.05) is 12.4 Å². The highest BCUT2D eigenvalue weighted by atomic mass is 35.5. The van der Waals surface area contributed by atoms with Gasteiger partial charge in [-0.25, -0.2) is 4.79 Å². The third kappa shape index (κ3) is 5.28. The van der Waals surface area contributed by atoms with Crippen molar-refractivity contribution in [3.8, 4) is 0 Å². The number of halogens is 2. The number of ether oxygens (including phenoxy) is 1. The van der Waals surface area contributed by atoms with Gasteiger partial charge in [0.2, 0.25) is 5.91 Å². The Bertz CT molecular complexity index is 641. The first-order valence-electron chi connectivity index (χ1n) is 7.70. The second-order valence-corrected chi connectivity index (χ2v) is 8.59. The van der Waals surface area contributed by atoms with Crippen molar-refractivity contribution in [1.82, 2.24) is 4.90 Å². The topological polar surface area (TPSA) is 58.6 Å². The number of amides is 2.